The quantitative estimate of drug-likeness (QED) is 0.749. The van der Waals surface area contributed by atoms with Gasteiger partial charge in [-0.15, -0.1) is 0 Å². The maximum atomic E-state index is 12.2. The van der Waals surface area contributed by atoms with Gasteiger partial charge in [0.25, 0.3) is 5.91 Å². The van der Waals surface area contributed by atoms with Gasteiger partial charge in [-0.2, -0.15) is 0 Å². The first-order chi connectivity index (χ1) is 11.5. The van der Waals surface area contributed by atoms with Crippen molar-refractivity contribution >= 4 is 39.2 Å². The Morgan fingerprint density at radius 2 is 2.08 bits per heavy atom. The van der Waals surface area contributed by atoms with Gasteiger partial charge >= 0.3 is 6.03 Å². The second-order valence-corrected chi connectivity index (χ2v) is 6.25. The number of carbonyl (C=O) groups excluding carboxylic acids is 2. The van der Waals surface area contributed by atoms with Gasteiger partial charge in [-0.1, -0.05) is 18.2 Å². The van der Waals surface area contributed by atoms with Crippen molar-refractivity contribution in [2.24, 2.45) is 0 Å². The Balaban J connectivity index is 1.67. The van der Waals surface area contributed by atoms with Crippen molar-refractivity contribution in [1.82, 2.24) is 5.32 Å². The molecule has 3 amide bonds. The number of halogens is 1. The van der Waals surface area contributed by atoms with Crippen LogP contribution in [0, 0.1) is 0 Å². The topological polar surface area (TPSA) is 79.5 Å². The van der Waals surface area contributed by atoms with E-state index in [1.165, 1.54) is 0 Å². The maximum Gasteiger partial charge on any atom is 0.319 e. The lowest BCUT2D eigenvalue weighted by Gasteiger charge is -2.21. The van der Waals surface area contributed by atoms with Gasteiger partial charge in [0.05, 0.1) is 17.4 Å². The van der Waals surface area contributed by atoms with Gasteiger partial charge in [-0.05, 0) is 52.7 Å². The van der Waals surface area contributed by atoms with Gasteiger partial charge in [0.15, 0.2) is 6.61 Å². The van der Waals surface area contributed by atoms with Crippen LogP contribution < -0.4 is 20.7 Å². The normalized spacial score (nSPS) is 14.0. The van der Waals surface area contributed by atoms with E-state index in [9.17, 15) is 9.59 Å². The van der Waals surface area contributed by atoms with E-state index in [0.717, 1.165) is 10.0 Å². The second-order valence-electron chi connectivity index (χ2n) is 5.39. The van der Waals surface area contributed by atoms with Crippen molar-refractivity contribution in [3.05, 3.63) is 52.5 Å². The summed E-state index contributed by atoms with van der Waals surface area (Å²) in [6.45, 7) is 1.89. The lowest BCUT2D eigenvalue weighted by Crippen LogP contribution is -2.31. The highest BCUT2D eigenvalue weighted by atomic mass is 79.9. The third-order valence-corrected chi connectivity index (χ3v) is 4.30. The number of hydrogen-bond acceptors (Lipinski definition) is 3. The molecule has 1 atom stereocenters. The SMILES string of the molecule is CC(NC(=O)Nc1ccccc1Br)c1ccc2c(c1)NC(=O)CO2. The molecule has 0 aromatic heterocycles. The van der Waals surface area contributed by atoms with Crippen LogP contribution in [0.2, 0.25) is 0 Å². The molecule has 0 saturated heterocycles. The van der Waals surface area contributed by atoms with Crippen LogP contribution in [-0.4, -0.2) is 18.5 Å². The van der Waals surface area contributed by atoms with Crippen LogP contribution in [0.5, 0.6) is 5.75 Å². The molecule has 0 radical (unpaired) electrons. The number of carbonyl (C=O) groups is 2. The molecular formula is C17H16BrN3O3. The van der Waals surface area contributed by atoms with Gasteiger partial charge in [0.1, 0.15) is 5.75 Å². The molecule has 1 aliphatic heterocycles. The fourth-order valence-corrected chi connectivity index (χ4v) is 2.75. The molecule has 2 aromatic carbocycles. The summed E-state index contributed by atoms with van der Waals surface area (Å²) < 4.78 is 6.13. The van der Waals surface area contributed by atoms with Crippen molar-refractivity contribution in [2.75, 3.05) is 17.2 Å². The van der Waals surface area contributed by atoms with Gasteiger partial charge in [0.2, 0.25) is 0 Å². The molecule has 0 bridgehead atoms. The third-order valence-electron chi connectivity index (χ3n) is 3.61. The Labute approximate surface area is 147 Å². The first-order valence-electron chi connectivity index (χ1n) is 7.41. The summed E-state index contributed by atoms with van der Waals surface area (Å²) in [5.41, 5.74) is 2.17. The average molecular weight is 390 g/mol. The second kappa shape index (κ2) is 6.92. The zero-order valence-electron chi connectivity index (χ0n) is 12.9. The minimum absolute atomic E-state index is 0.0223. The van der Waals surface area contributed by atoms with E-state index >= 15 is 0 Å². The Hall–Kier alpha value is -2.54. The minimum atomic E-state index is -0.313. The van der Waals surface area contributed by atoms with Crippen molar-refractivity contribution in [2.45, 2.75) is 13.0 Å². The molecule has 0 spiro atoms. The highest BCUT2D eigenvalue weighted by Crippen LogP contribution is 2.30. The standard InChI is InChI=1S/C17H16BrN3O3/c1-10(19-17(23)21-13-5-3-2-4-12(13)18)11-6-7-15-14(8-11)20-16(22)9-24-15/h2-8,10H,9H2,1H3,(H,20,22)(H2,19,21,23). The zero-order valence-corrected chi connectivity index (χ0v) is 14.5. The van der Waals surface area contributed by atoms with Gasteiger partial charge in [-0.25, -0.2) is 4.79 Å². The molecule has 1 aliphatic rings. The number of para-hydroxylation sites is 1. The van der Waals surface area contributed by atoms with E-state index in [1.807, 2.05) is 31.2 Å². The van der Waals surface area contributed by atoms with E-state index in [4.69, 9.17) is 4.74 Å². The molecule has 2 aromatic rings. The average Bonchev–Trinajstić information content (AvgIpc) is 2.56. The van der Waals surface area contributed by atoms with E-state index in [-0.39, 0.29) is 24.6 Å². The molecule has 1 heterocycles. The summed E-state index contributed by atoms with van der Waals surface area (Å²) in [5, 5.41) is 8.41. The van der Waals surface area contributed by atoms with Crippen molar-refractivity contribution in [1.29, 1.82) is 0 Å². The Bertz CT molecular complexity index is 794. The first kappa shape index (κ1) is 16.3. The van der Waals surface area contributed by atoms with E-state index < -0.39 is 0 Å². The number of fused-ring (bicyclic) bond motifs is 1. The van der Waals surface area contributed by atoms with Crippen molar-refractivity contribution in [3.8, 4) is 5.75 Å². The number of ether oxygens (including phenoxy) is 1. The van der Waals surface area contributed by atoms with Gasteiger partial charge < -0.3 is 20.7 Å². The van der Waals surface area contributed by atoms with Gasteiger partial charge in [0, 0.05) is 4.47 Å². The zero-order chi connectivity index (χ0) is 17.1. The summed E-state index contributed by atoms with van der Waals surface area (Å²) in [5.74, 6) is 0.440. The van der Waals surface area contributed by atoms with Crippen LogP contribution in [0.4, 0.5) is 16.2 Å². The Kier molecular flexibility index (Phi) is 4.71. The molecule has 0 aliphatic carbocycles. The number of anilines is 2. The summed E-state index contributed by atoms with van der Waals surface area (Å²) in [4.78, 5) is 23.6. The van der Waals surface area contributed by atoms with Crippen LogP contribution in [0.15, 0.2) is 46.9 Å². The monoisotopic (exact) mass is 389 g/mol. The fraction of sp³-hybridized carbons (Fsp3) is 0.176. The van der Waals surface area contributed by atoms with Crippen molar-refractivity contribution in [3.63, 3.8) is 0 Å². The van der Waals surface area contributed by atoms with E-state index in [0.29, 0.717) is 17.1 Å². The molecular weight excluding hydrogens is 374 g/mol. The fourth-order valence-electron chi connectivity index (χ4n) is 2.37. The molecule has 1 unspecified atom stereocenters. The minimum Gasteiger partial charge on any atom is -0.482 e. The smallest absolute Gasteiger partial charge is 0.319 e. The number of amides is 3. The summed E-state index contributed by atoms with van der Waals surface area (Å²) in [7, 11) is 0. The third kappa shape index (κ3) is 3.68. The number of urea groups is 1. The van der Waals surface area contributed by atoms with Crippen LogP contribution in [-0.2, 0) is 4.79 Å². The predicted octanol–water partition coefficient (Wildman–Crippen LogP) is 3.66. The summed E-state index contributed by atoms with van der Waals surface area (Å²) in [6, 6.07) is 12.3. The number of nitrogens with one attached hydrogen (secondary N) is 3. The maximum absolute atomic E-state index is 12.2. The Morgan fingerprint density at radius 1 is 1.29 bits per heavy atom. The van der Waals surface area contributed by atoms with Crippen LogP contribution in [0.3, 0.4) is 0 Å². The molecule has 7 heteroatoms. The lowest BCUT2D eigenvalue weighted by atomic mass is 10.1. The Morgan fingerprint density at radius 3 is 2.88 bits per heavy atom. The molecule has 3 N–H and O–H groups in total. The molecule has 0 saturated carbocycles. The summed E-state index contributed by atoms with van der Waals surface area (Å²) in [6.07, 6.45) is 0. The number of benzene rings is 2. The van der Waals surface area contributed by atoms with E-state index in [2.05, 4.69) is 31.9 Å². The summed E-state index contributed by atoms with van der Waals surface area (Å²) >= 11 is 3.39. The molecule has 6 nitrogen and oxygen atoms in total. The molecule has 24 heavy (non-hydrogen) atoms. The lowest BCUT2D eigenvalue weighted by molar-refractivity contribution is -0.118. The predicted molar refractivity (Wildman–Crippen MR) is 95.3 cm³/mol. The van der Waals surface area contributed by atoms with Crippen LogP contribution in [0.25, 0.3) is 0 Å². The molecule has 124 valence electrons. The van der Waals surface area contributed by atoms with Gasteiger partial charge in [-0.3, -0.25) is 4.79 Å². The molecule has 3 rings (SSSR count). The van der Waals surface area contributed by atoms with Crippen LogP contribution in [0.1, 0.15) is 18.5 Å². The van der Waals surface area contributed by atoms with E-state index in [1.54, 1.807) is 18.2 Å². The van der Waals surface area contributed by atoms with Crippen molar-refractivity contribution < 1.29 is 14.3 Å². The first-order valence-corrected chi connectivity index (χ1v) is 8.21. The largest absolute Gasteiger partial charge is 0.482 e. The highest BCUT2D eigenvalue weighted by molar-refractivity contribution is 9.10. The molecule has 0 fully saturated rings. The van der Waals surface area contributed by atoms with Crippen LogP contribution >= 0.6 is 15.9 Å². The number of hydrogen-bond donors (Lipinski definition) is 3. The highest BCUT2D eigenvalue weighted by Gasteiger charge is 2.18. The number of rotatable bonds is 3.